The third-order valence-corrected chi connectivity index (χ3v) is 2.00. The van der Waals surface area contributed by atoms with E-state index < -0.39 is 0 Å². The Morgan fingerprint density at radius 2 is 2.00 bits per heavy atom. The number of rotatable bonds is 3. The topological polar surface area (TPSA) is 9.23 Å². The molecular formula is C9H16O. The van der Waals surface area contributed by atoms with Crippen molar-refractivity contribution in [1.29, 1.82) is 0 Å². The highest BCUT2D eigenvalue weighted by Crippen LogP contribution is 2.19. The van der Waals surface area contributed by atoms with Gasteiger partial charge in [0.1, 0.15) is 0 Å². The normalized spacial score (nSPS) is 20.8. The van der Waals surface area contributed by atoms with Crippen LogP contribution in [0.4, 0.5) is 0 Å². The molecule has 1 rings (SSSR count). The van der Waals surface area contributed by atoms with Crippen LogP contribution in [0, 0.1) is 0 Å². The first-order valence-corrected chi connectivity index (χ1v) is 4.16. The summed E-state index contributed by atoms with van der Waals surface area (Å²) in [6.07, 6.45) is 8.97. The van der Waals surface area contributed by atoms with E-state index in [9.17, 15) is 0 Å². The summed E-state index contributed by atoms with van der Waals surface area (Å²) in [4.78, 5) is 0. The lowest BCUT2D eigenvalue weighted by Crippen LogP contribution is -2.16. The zero-order valence-corrected chi connectivity index (χ0v) is 6.51. The summed E-state index contributed by atoms with van der Waals surface area (Å²) >= 11 is 0. The molecule has 0 aromatic carbocycles. The molecular weight excluding hydrogens is 124 g/mol. The predicted molar refractivity (Wildman–Crippen MR) is 43.0 cm³/mol. The second-order valence-electron chi connectivity index (χ2n) is 2.88. The maximum Gasteiger partial charge on any atom is 0.0648 e. The molecule has 0 saturated heterocycles. The fraction of sp³-hybridized carbons (Fsp3) is 0.778. The number of hydrogen-bond acceptors (Lipinski definition) is 1. The van der Waals surface area contributed by atoms with Gasteiger partial charge >= 0.3 is 0 Å². The summed E-state index contributed by atoms with van der Waals surface area (Å²) in [6.45, 7) is 4.35. The minimum absolute atomic E-state index is 0.534. The molecule has 0 amide bonds. The highest BCUT2D eigenvalue weighted by Gasteiger charge is 2.11. The van der Waals surface area contributed by atoms with E-state index in [2.05, 4.69) is 6.58 Å². The lowest BCUT2D eigenvalue weighted by atomic mass is 9.98. The maximum absolute atomic E-state index is 5.51. The number of ether oxygens (including phenoxy) is 1. The molecule has 0 aliphatic heterocycles. The summed E-state index contributed by atoms with van der Waals surface area (Å²) in [6, 6.07) is 0. The van der Waals surface area contributed by atoms with E-state index in [1.807, 2.05) is 6.08 Å². The largest absolute Gasteiger partial charge is 0.374 e. The van der Waals surface area contributed by atoms with Crippen LogP contribution in [0.2, 0.25) is 0 Å². The molecule has 1 saturated carbocycles. The Bertz CT molecular complexity index is 92.9. The van der Waals surface area contributed by atoms with Crippen LogP contribution < -0.4 is 0 Å². The second kappa shape index (κ2) is 4.51. The Balaban J connectivity index is 2.07. The standard InChI is InChI=1S/C9H16O/c1-2-8-10-9-6-4-3-5-7-9/h2,9H,1,3-8H2. The Morgan fingerprint density at radius 3 is 2.60 bits per heavy atom. The first kappa shape index (κ1) is 7.80. The van der Waals surface area contributed by atoms with E-state index in [4.69, 9.17) is 4.74 Å². The van der Waals surface area contributed by atoms with Gasteiger partial charge in [-0.25, -0.2) is 0 Å². The van der Waals surface area contributed by atoms with Gasteiger partial charge in [-0.15, -0.1) is 6.58 Å². The van der Waals surface area contributed by atoms with Gasteiger partial charge < -0.3 is 4.74 Å². The van der Waals surface area contributed by atoms with Gasteiger partial charge in [-0.1, -0.05) is 25.3 Å². The molecule has 0 N–H and O–H groups in total. The van der Waals surface area contributed by atoms with Crippen LogP contribution in [0.15, 0.2) is 12.7 Å². The van der Waals surface area contributed by atoms with Crippen LogP contribution in [0.25, 0.3) is 0 Å². The van der Waals surface area contributed by atoms with Gasteiger partial charge in [0, 0.05) is 0 Å². The van der Waals surface area contributed by atoms with E-state index in [-0.39, 0.29) is 0 Å². The fourth-order valence-electron chi connectivity index (χ4n) is 1.44. The zero-order chi connectivity index (χ0) is 7.23. The van der Waals surface area contributed by atoms with Crippen molar-refractivity contribution in [2.45, 2.75) is 38.2 Å². The van der Waals surface area contributed by atoms with Gasteiger partial charge in [-0.2, -0.15) is 0 Å². The van der Waals surface area contributed by atoms with Crippen molar-refractivity contribution in [3.8, 4) is 0 Å². The molecule has 0 spiro atoms. The molecule has 1 heteroatoms. The van der Waals surface area contributed by atoms with Crippen molar-refractivity contribution >= 4 is 0 Å². The molecule has 0 radical (unpaired) electrons. The Labute approximate surface area is 63.1 Å². The molecule has 0 bridgehead atoms. The van der Waals surface area contributed by atoms with Crippen LogP contribution in [0.1, 0.15) is 32.1 Å². The summed E-state index contributed by atoms with van der Waals surface area (Å²) < 4.78 is 5.51. The van der Waals surface area contributed by atoms with Crippen LogP contribution in [-0.2, 0) is 4.74 Å². The third kappa shape index (κ3) is 2.53. The molecule has 0 aromatic rings. The summed E-state index contributed by atoms with van der Waals surface area (Å²) in [7, 11) is 0. The minimum Gasteiger partial charge on any atom is -0.374 e. The van der Waals surface area contributed by atoms with Crippen molar-refractivity contribution < 1.29 is 4.74 Å². The molecule has 10 heavy (non-hydrogen) atoms. The van der Waals surface area contributed by atoms with E-state index in [0.29, 0.717) is 6.10 Å². The lowest BCUT2D eigenvalue weighted by molar-refractivity contribution is 0.0467. The zero-order valence-electron chi connectivity index (χ0n) is 6.51. The Kier molecular flexibility index (Phi) is 3.52. The van der Waals surface area contributed by atoms with Crippen LogP contribution >= 0.6 is 0 Å². The first-order chi connectivity index (χ1) is 4.93. The molecule has 1 nitrogen and oxygen atoms in total. The third-order valence-electron chi connectivity index (χ3n) is 2.00. The second-order valence-corrected chi connectivity index (χ2v) is 2.88. The summed E-state index contributed by atoms with van der Waals surface area (Å²) in [5, 5.41) is 0. The quantitative estimate of drug-likeness (QED) is 0.547. The molecule has 0 unspecified atom stereocenters. The summed E-state index contributed by atoms with van der Waals surface area (Å²) in [5.41, 5.74) is 0. The van der Waals surface area contributed by atoms with Crippen LogP contribution in [-0.4, -0.2) is 12.7 Å². The monoisotopic (exact) mass is 140 g/mol. The van der Waals surface area contributed by atoms with Gasteiger partial charge in [0.2, 0.25) is 0 Å². The molecule has 1 aliphatic rings. The van der Waals surface area contributed by atoms with Gasteiger partial charge in [-0.3, -0.25) is 0 Å². The van der Waals surface area contributed by atoms with Gasteiger partial charge in [0.05, 0.1) is 12.7 Å². The minimum atomic E-state index is 0.534. The molecule has 1 aliphatic carbocycles. The molecule has 58 valence electrons. The SMILES string of the molecule is C=CCOC1CCCCC1. The molecule has 0 heterocycles. The number of hydrogen-bond donors (Lipinski definition) is 0. The van der Waals surface area contributed by atoms with E-state index in [1.165, 1.54) is 32.1 Å². The summed E-state index contributed by atoms with van der Waals surface area (Å²) in [5.74, 6) is 0. The van der Waals surface area contributed by atoms with Gasteiger partial charge in [0.15, 0.2) is 0 Å². The highest BCUT2D eigenvalue weighted by atomic mass is 16.5. The van der Waals surface area contributed by atoms with Crippen molar-refractivity contribution in [2.24, 2.45) is 0 Å². The molecule has 0 atom stereocenters. The molecule has 0 aromatic heterocycles. The highest BCUT2D eigenvalue weighted by molar-refractivity contribution is 4.69. The van der Waals surface area contributed by atoms with Crippen LogP contribution in [0.3, 0.4) is 0 Å². The van der Waals surface area contributed by atoms with Gasteiger partial charge in [-0.05, 0) is 12.8 Å². The maximum atomic E-state index is 5.51. The van der Waals surface area contributed by atoms with E-state index in [1.54, 1.807) is 0 Å². The fourth-order valence-corrected chi connectivity index (χ4v) is 1.44. The lowest BCUT2D eigenvalue weighted by Gasteiger charge is -2.20. The predicted octanol–water partition coefficient (Wildman–Crippen LogP) is 2.52. The van der Waals surface area contributed by atoms with Crippen LogP contribution in [0.5, 0.6) is 0 Å². The Morgan fingerprint density at radius 1 is 1.30 bits per heavy atom. The average Bonchev–Trinajstić information content (AvgIpc) is 2.03. The smallest absolute Gasteiger partial charge is 0.0648 e. The van der Waals surface area contributed by atoms with Crippen molar-refractivity contribution in [1.82, 2.24) is 0 Å². The van der Waals surface area contributed by atoms with Crippen molar-refractivity contribution in [3.05, 3.63) is 12.7 Å². The molecule has 1 fully saturated rings. The van der Waals surface area contributed by atoms with E-state index in [0.717, 1.165) is 6.61 Å². The van der Waals surface area contributed by atoms with Gasteiger partial charge in [0.25, 0.3) is 0 Å². The first-order valence-electron chi connectivity index (χ1n) is 4.16. The van der Waals surface area contributed by atoms with Crippen molar-refractivity contribution in [2.75, 3.05) is 6.61 Å². The Hall–Kier alpha value is -0.300. The van der Waals surface area contributed by atoms with Crippen molar-refractivity contribution in [3.63, 3.8) is 0 Å². The van der Waals surface area contributed by atoms with E-state index >= 15 is 0 Å². The average molecular weight is 140 g/mol.